The van der Waals surface area contributed by atoms with E-state index in [2.05, 4.69) is 20.9 Å². The molecule has 0 aliphatic carbocycles. The van der Waals surface area contributed by atoms with Crippen LogP contribution >= 0.6 is 9.24 Å². The Hall–Kier alpha value is -3.31. The van der Waals surface area contributed by atoms with E-state index < -0.39 is 40.7 Å². The van der Waals surface area contributed by atoms with Gasteiger partial charge in [0, 0.05) is 11.6 Å². The summed E-state index contributed by atoms with van der Waals surface area (Å²) in [7, 11) is 2.16. The molecule has 0 aromatic heterocycles. The Balaban J connectivity index is 1.64. The number of hydrogen-bond acceptors (Lipinski definition) is 1. The van der Waals surface area contributed by atoms with E-state index >= 15 is 0 Å². The maximum absolute atomic E-state index is 15.0. The molecule has 1 unspecified atom stereocenters. The molecule has 0 saturated heterocycles. The van der Waals surface area contributed by atoms with Gasteiger partial charge < -0.3 is 4.74 Å². The van der Waals surface area contributed by atoms with Crippen molar-refractivity contribution in [3.05, 3.63) is 107 Å². The van der Waals surface area contributed by atoms with Gasteiger partial charge in [-0.05, 0) is 70.7 Å². The molecule has 192 valence electrons. The summed E-state index contributed by atoms with van der Waals surface area (Å²) in [6.45, 7) is 3.51. The first-order valence-corrected chi connectivity index (χ1v) is 12.1. The van der Waals surface area contributed by atoms with Crippen LogP contribution in [0.4, 0.5) is 26.3 Å². The highest BCUT2D eigenvalue weighted by Crippen LogP contribution is 2.38. The Morgan fingerprint density at radius 3 is 1.89 bits per heavy atom. The van der Waals surface area contributed by atoms with Gasteiger partial charge in [-0.1, -0.05) is 49.7 Å². The first-order valence-electron chi connectivity index (χ1n) is 11.5. The highest BCUT2D eigenvalue weighted by Gasteiger charge is 2.41. The van der Waals surface area contributed by atoms with Crippen LogP contribution in [0.15, 0.2) is 66.7 Å². The second-order valence-corrected chi connectivity index (χ2v) is 9.32. The van der Waals surface area contributed by atoms with Crippen molar-refractivity contribution in [2.75, 3.05) is 0 Å². The lowest BCUT2D eigenvalue weighted by molar-refractivity contribution is -0.189. The molecule has 4 aromatic carbocycles. The number of rotatable bonds is 7. The molecule has 4 rings (SSSR count). The fourth-order valence-corrected chi connectivity index (χ4v) is 4.32. The summed E-state index contributed by atoms with van der Waals surface area (Å²) in [5.74, 6) is -5.45. The lowest BCUT2D eigenvalue weighted by Gasteiger charge is -2.20. The van der Waals surface area contributed by atoms with Gasteiger partial charge in [-0.2, -0.15) is 8.78 Å². The predicted octanol–water partition coefficient (Wildman–Crippen LogP) is 8.47. The quantitative estimate of drug-likeness (QED) is 0.171. The van der Waals surface area contributed by atoms with Crippen molar-refractivity contribution < 1.29 is 31.1 Å². The van der Waals surface area contributed by atoms with Gasteiger partial charge in [0.15, 0.2) is 0 Å². The monoisotopic (exact) mass is 532 g/mol. The Kier molecular flexibility index (Phi) is 7.65. The fraction of sp³-hybridized carbons (Fsp3) is 0.172. The van der Waals surface area contributed by atoms with E-state index in [1.807, 2.05) is 24.3 Å². The Bertz CT molecular complexity index is 1400. The molecule has 0 aliphatic heterocycles. The molecule has 0 fully saturated rings. The van der Waals surface area contributed by atoms with Crippen LogP contribution in [0, 0.1) is 30.2 Å². The number of ether oxygens (including phenoxy) is 1. The normalized spacial score (nSPS) is 11.6. The van der Waals surface area contributed by atoms with Gasteiger partial charge in [0.2, 0.25) is 0 Å². The summed E-state index contributed by atoms with van der Waals surface area (Å²) in [5, 5.41) is 0.248. The lowest BCUT2D eigenvalue weighted by Crippen LogP contribution is -2.25. The molecule has 1 nitrogen and oxygen atoms in total. The van der Waals surface area contributed by atoms with Crippen molar-refractivity contribution >= 4 is 14.5 Å². The molecule has 8 heteroatoms. The number of benzene rings is 4. The second-order valence-electron chi connectivity index (χ2n) is 8.69. The Morgan fingerprint density at radius 2 is 1.32 bits per heavy atom. The molecule has 0 saturated carbocycles. The zero-order valence-corrected chi connectivity index (χ0v) is 21.2. The Morgan fingerprint density at radius 1 is 0.730 bits per heavy atom. The summed E-state index contributed by atoms with van der Waals surface area (Å²) in [6.07, 6.45) is -2.54. The van der Waals surface area contributed by atoms with Gasteiger partial charge >= 0.3 is 6.11 Å². The van der Waals surface area contributed by atoms with Crippen LogP contribution in [0.5, 0.6) is 5.75 Å². The second kappa shape index (κ2) is 10.6. The van der Waals surface area contributed by atoms with Crippen LogP contribution in [0.2, 0.25) is 0 Å². The van der Waals surface area contributed by atoms with E-state index in [4.69, 9.17) is 0 Å². The zero-order valence-electron chi connectivity index (χ0n) is 20.0. The smallest absolute Gasteiger partial charge is 0.429 e. The summed E-state index contributed by atoms with van der Waals surface area (Å²) < 4.78 is 92.5. The average molecular weight is 532 g/mol. The first-order chi connectivity index (χ1) is 17.5. The van der Waals surface area contributed by atoms with Crippen LogP contribution in [0.25, 0.3) is 22.3 Å². The molecule has 0 amide bonds. The SMILES string of the molecule is CCCc1ccc(-c2ccc(-c3cc(F)c(C(F)(F)Oc4cc(F)c(C)c(P)c4)c(F)c3)c(F)c2)cc1. The summed E-state index contributed by atoms with van der Waals surface area (Å²) in [6, 6.07) is 14.8. The standard InChI is InChI=1S/C29H23F6OP/c1-3-4-17-5-7-18(8-6-17)19-9-10-22(24(31)11-19)20-12-25(32)28(26(33)13-20)29(34,35)36-21-14-23(30)16(2)27(37)15-21/h5-15H,3-4,37H2,1-2H3. The number of halogens is 6. The summed E-state index contributed by atoms with van der Waals surface area (Å²) in [4.78, 5) is 0. The minimum atomic E-state index is -4.46. The van der Waals surface area contributed by atoms with Crippen LogP contribution in [-0.4, -0.2) is 0 Å². The van der Waals surface area contributed by atoms with E-state index in [9.17, 15) is 26.3 Å². The molecule has 0 heterocycles. The zero-order chi connectivity index (χ0) is 26.9. The third-order valence-electron chi connectivity index (χ3n) is 6.04. The number of aryl methyl sites for hydroxylation is 1. The maximum Gasteiger partial charge on any atom is 0.432 e. The molecule has 0 N–H and O–H groups in total. The van der Waals surface area contributed by atoms with E-state index in [-0.39, 0.29) is 22.0 Å². The van der Waals surface area contributed by atoms with Crippen molar-refractivity contribution in [2.45, 2.75) is 32.8 Å². The summed E-state index contributed by atoms with van der Waals surface area (Å²) in [5.41, 5.74) is 0.586. The van der Waals surface area contributed by atoms with Crippen molar-refractivity contribution in [2.24, 2.45) is 0 Å². The molecule has 0 radical (unpaired) electrons. The predicted molar refractivity (Wildman–Crippen MR) is 136 cm³/mol. The minimum absolute atomic E-state index is 0.159. The van der Waals surface area contributed by atoms with Gasteiger partial charge in [-0.15, -0.1) is 9.24 Å². The number of alkyl halides is 2. The van der Waals surface area contributed by atoms with E-state index in [1.165, 1.54) is 19.1 Å². The van der Waals surface area contributed by atoms with E-state index in [0.29, 0.717) is 23.8 Å². The van der Waals surface area contributed by atoms with E-state index in [1.54, 1.807) is 6.07 Å². The molecule has 0 bridgehead atoms. The topological polar surface area (TPSA) is 9.23 Å². The molecule has 37 heavy (non-hydrogen) atoms. The van der Waals surface area contributed by atoms with Gasteiger partial charge in [0.05, 0.1) is 0 Å². The van der Waals surface area contributed by atoms with Gasteiger partial charge in [-0.25, -0.2) is 17.6 Å². The molecule has 1 atom stereocenters. The highest BCUT2D eigenvalue weighted by atomic mass is 31.0. The molecular formula is C29H23F6OP. The third-order valence-corrected chi connectivity index (χ3v) is 6.64. The van der Waals surface area contributed by atoms with Crippen LogP contribution in [-0.2, 0) is 12.5 Å². The highest BCUT2D eigenvalue weighted by molar-refractivity contribution is 7.27. The van der Waals surface area contributed by atoms with Crippen LogP contribution < -0.4 is 10.0 Å². The van der Waals surface area contributed by atoms with Gasteiger partial charge in [-0.3, -0.25) is 0 Å². The van der Waals surface area contributed by atoms with Crippen LogP contribution in [0.1, 0.15) is 30.0 Å². The first kappa shape index (κ1) is 26.7. The van der Waals surface area contributed by atoms with Crippen molar-refractivity contribution in [1.29, 1.82) is 0 Å². The molecule has 4 aromatic rings. The maximum atomic E-state index is 15.0. The molecular weight excluding hydrogens is 509 g/mol. The Labute approximate surface area is 213 Å². The van der Waals surface area contributed by atoms with Crippen molar-refractivity contribution in [3.63, 3.8) is 0 Å². The number of hydrogen-bond donors (Lipinski definition) is 0. The van der Waals surface area contributed by atoms with Crippen molar-refractivity contribution in [1.82, 2.24) is 0 Å². The fourth-order valence-electron chi connectivity index (χ4n) is 4.02. The third kappa shape index (κ3) is 5.67. The summed E-state index contributed by atoms with van der Waals surface area (Å²) >= 11 is 0. The largest absolute Gasteiger partial charge is 0.432 e. The average Bonchev–Trinajstić information content (AvgIpc) is 2.82. The van der Waals surface area contributed by atoms with E-state index in [0.717, 1.165) is 30.0 Å². The van der Waals surface area contributed by atoms with Crippen LogP contribution in [0.3, 0.4) is 0 Å². The minimum Gasteiger partial charge on any atom is -0.429 e. The lowest BCUT2D eigenvalue weighted by atomic mass is 9.97. The van der Waals surface area contributed by atoms with Gasteiger partial charge in [0.25, 0.3) is 0 Å². The van der Waals surface area contributed by atoms with Crippen molar-refractivity contribution in [3.8, 4) is 28.0 Å². The molecule has 0 aliphatic rings. The van der Waals surface area contributed by atoms with Gasteiger partial charge in [0.1, 0.15) is 34.6 Å². The molecule has 0 spiro atoms.